The summed E-state index contributed by atoms with van der Waals surface area (Å²) >= 11 is 0. The highest BCUT2D eigenvalue weighted by molar-refractivity contribution is 5.35. The van der Waals surface area contributed by atoms with Crippen LogP contribution in [0.25, 0.3) is 0 Å². The van der Waals surface area contributed by atoms with Gasteiger partial charge in [0.1, 0.15) is 0 Å². The minimum Gasteiger partial charge on any atom is -0.396 e. The van der Waals surface area contributed by atoms with Gasteiger partial charge in [-0.3, -0.25) is 4.90 Å². The molecule has 2 aromatic rings. The van der Waals surface area contributed by atoms with E-state index in [1.807, 2.05) is 0 Å². The van der Waals surface area contributed by atoms with E-state index in [2.05, 4.69) is 67.3 Å². The first-order valence-corrected chi connectivity index (χ1v) is 9.07. The van der Waals surface area contributed by atoms with Crippen molar-refractivity contribution in [2.75, 3.05) is 19.7 Å². The molecule has 1 N–H and O–H groups in total. The molecule has 1 aliphatic rings. The van der Waals surface area contributed by atoms with Gasteiger partial charge in [-0.05, 0) is 62.7 Å². The monoisotopic (exact) mass is 323 g/mol. The SMILES string of the molecule is Cc1cc(C)cc(C2(CCO)CCN(Cc3ccccc3)CC2)c1. The Kier molecular flexibility index (Phi) is 5.37. The molecule has 2 nitrogen and oxygen atoms in total. The number of aliphatic hydroxyl groups excluding tert-OH is 1. The van der Waals surface area contributed by atoms with Crippen molar-refractivity contribution < 1.29 is 5.11 Å². The highest BCUT2D eigenvalue weighted by Crippen LogP contribution is 2.39. The molecular formula is C22H29NO. The predicted molar refractivity (Wildman–Crippen MR) is 100 cm³/mol. The van der Waals surface area contributed by atoms with Gasteiger partial charge in [-0.15, -0.1) is 0 Å². The summed E-state index contributed by atoms with van der Waals surface area (Å²) in [6.45, 7) is 7.85. The second-order valence-corrected chi connectivity index (χ2v) is 7.39. The molecule has 1 aliphatic heterocycles. The molecule has 0 unspecified atom stereocenters. The average Bonchev–Trinajstić information content (AvgIpc) is 2.57. The first kappa shape index (κ1) is 17.2. The van der Waals surface area contributed by atoms with Gasteiger partial charge in [0.15, 0.2) is 0 Å². The van der Waals surface area contributed by atoms with Gasteiger partial charge in [0.2, 0.25) is 0 Å². The van der Waals surface area contributed by atoms with Crippen molar-refractivity contribution >= 4 is 0 Å². The number of nitrogens with zero attached hydrogens (tertiary/aromatic N) is 1. The van der Waals surface area contributed by atoms with Crippen LogP contribution < -0.4 is 0 Å². The molecule has 24 heavy (non-hydrogen) atoms. The Bertz CT molecular complexity index is 637. The topological polar surface area (TPSA) is 23.5 Å². The lowest BCUT2D eigenvalue weighted by Crippen LogP contribution is -2.42. The van der Waals surface area contributed by atoms with Crippen molar-refractivity contribution in [2.24, 2.45) is 0 Å². The molecule has 1 fully saturated rings. The molecule has 3 rings (SSSR count). The third-order valence-electron chi connectivity index (χ3n) is 5.49. The zero-order valence-corrected chi connectivity index (χ0v) is 15.0. The second kappa shape index (κ2) is 7.50. The lowest BCUT2D eigenvalue weighted by molar-refractivity contribution is 0.126. The lowest BCUT2D eigenvalue weighted by Gasteiger charge is -2.42. The first-order valence-electron chi connectivity index (χ1n) is 9.07. The van der Waals surface area contributed by atoms with Gasteiger partial charge in [-0.25, -0.2) is 0 Å². The number of aryl methyl sites for hydroxylation is 2. The molecule has 0 amide bonds. The van der Waals surface area contributed by atoms with Crippen molar-refractivity contribution in [3.63, 3.8) is 0 Å². The van der Waals surface area contributed by atoms with Crippen LogP contribution in [0, 0.1) is 13.8 Å². The molecule has 0 spiro atoms. The van der Waals surface area contributed by atoms with E-state index >= 15 is 0 Å². The van der Waals surface area contributed by atoms with E-state index in [1.54, 1.807) is 0 Å². The molecule has 1 saturated heterocycles. The second-order valence-electron chi connectivity index (χ2n) is 7.39. The summed E-state index contributed by atoms with van der Waals surface area (Å²) in [5.41, 5.74) is 5.61. The first-order chi connectivity index (χ1) is 11.6. The van der Waals surface area contributed by atoms with Crippen LogP contribution >= 0.6 is 0 Å². The Balaban J connectivity index is 1.74. The van der Waals surface area contributed by atoms with Crippen LogP contribution in [0.1, 0.15) is 41.5 Å². The zero-order chi connectivity index (χ0) is 17.0. The lowest BCUT2D eigenvalue weighted by atomic mass is 9.70. The van der Waals surface area contributed by atoms with Gasteiger partial charge >= 0.3 is 0 Å². The summed E-state index contributed by atoms with van der Waals surface area (Å²) in [6, 6.07) is 17.6. The van der Waals surface area contributed by atoms with Crippen LogP contribution in [-0.2, 0) is 12.0 Å². The zero-order valence-electron chi connectivity index (χ0n) is 15.0. The van der Waals surface area contributed by atoms with E-state index < -0.39 is 0 Å². The Labute approximate surface area is 146 Å². The maximum Gasteiger partial charge on any atom is 0.0439 e. The van der Waals surface area contributed by atoms with E-state index in [4.69, 9.17) is 0 Å². The van der Waals surface area contributed by atoms with Crippen molar-refractivity contribution in [1.29, 1.82) is 0 Å². The maximum absolute atomic E-state index is 9.67. The van der Waals surface area contributed by atoms with E-state index in [9.17, 15) is 5.11 Å². The molecule has 128 valence electrons. The quantitative estimate of drug-likeness (QED) is 0.890. The minimum absolute atomic E-state index is 0.138. The summed E-state index contributed by atoms with van der Waals surface area (Å²) in [7, 11) is 0. The summed E-state index contributed by atoms with van der Waals surface area (Å²) in [6.07, 6.45) is 3.13. The number of hydrogen-bond donors (Lipinski definition) is 1. The highest BCUT2D eigenvalue weighted by atomic mass is 16.3. The van der Waals surface area contributed by atoms with Crippen molar-refractivity contribution in [3.05, 3.63) is 70.8 Å². The minimum atomic E-state index is 0.138. The fraction of sp³-hybridized carbons (Fsp3) is 0.455. The van der Waals surface area contributed by atoms with E-state index in [1.165, 1.54) is 22.3 Å². The van der Waals surface area contributed by atoms with E-state index in [0.717, 1.165) is 38.9 Å². The van der Waals surface area contributed by atoms with Gasteiger partial charge in [0.05, 0.1) is 0 Å². The molecule has 0 aliphatic carbocycles. The smallest absolute Gasteiger partial charge is 0.0439 e. The molecular weight excluding hydrogens is 294 g/mol. The van der Waals surface area contributed by atoms with Crippen molar-refractivity contribution in [3.8, 4) is 0 Å². The summed E-state index contributed by atoms with van der Waals surface area (Å²) in [5, 5.41) is 9.67. The molecule has 2 heteroatoms. The Morgan fingerprint density at radius 1 is 0.958 bits per heavy atom. The Hall–Kier alpha value is -1.64. The highest BCUT2D eigenvalue weighted by Gasteiger charge is 2.35. The summed E-state index contributed by atoms with van der Waals surface area (Å²) < 4.78 is 0. The molecule has 0 saturated carbocycles. The van der Waals surface area contributed by atoms with E-state index in [0.29, 0.717) is 0 Å². The summed E-state index contributed by atoms with van der Waals surface area (Å²) in [4.78, 5) is 2.55. The normalized spacial score (nSPS) is 17.8. The maximum atomic E-state index is 9.67. The van der Waals surface area contributed by atoms with Crippen LogP contribution in [0.2, 0.25) is 0 Å². The third kappa shape index (κ3) is 3.88. The van der Waals surface area contributed by atoms with Crippen LogP contribution in [-0.4, -0.2) is 29.7 Å². The molecule has 0 atom stereocenters. The Morgan fingerprint density at radius 3 is 2.17 bits per heavy atom. The fourth-order valence-electron chi connectivity index (χ4n) is 4.16. The fourth-order valence-corrected chi connectivity index (χ4v) is 4.16. The molecule has 1 heterocycles. The van der Waals surface area contributed by atoms with Crippen LogP contribution in [0.4, 0.5) is 0 Å². The van der Waals surface area contributed by atoms with Gasteiger partial charge in [-0.2, -0.15) is 0 Å². The molecule has 0 bridgehead atoms. The van der Waals surface area contributed by atoms with Gasteiger partial charge in [0.25, 0.3) is 0 Å². The number of rotatable bonds is 5. The Morgan fingerprint density at radius 2 is 1.58 bits per heavy atom. The van der Waals surface area contributed by atoms with Crippen molar-refractivity contribution in [1.82, 2.24) is 4.90 Å². The largest absolute Gasteiger partial charge is 0.396 e. The van der Waals surface area contributed by atoms with Crippen LogP contribution in [0.3, 0.4) is 0 Å². The number of hydrogen-bond acceptors (Lipinski definition) is 2. The van der Waals surface area contributed by atoms with Gasteiger partial charge in [0, 0.05) is 13.2 Å². The number of likely N-dealkylation sites (tertiary alicyclic amines) is 1. The predicted octanol–water partition coefficient (Wildman–Crippen LogP) is 4.22. The van der Waals surface area contributed by atoms with Crippen molar-refractivity contribution in [2.45, 2.75) is 45.1 Å². The summed E-state index contributed by atoms with van der Waals surface area (Å²) in [5.74, 6) is 0. The molecule has 0 radical (unpaired) electrons. The van der Waals surface area contributed by atoms with Gasteiger partial charge in [-0.1, -0.05) is 59.7 Å². The number of benzene rings is 2. The number of piperidine rings is 1. The standard InChI is InChI=1S/C22H29NO/c1-18-14-19(2)16-21(15-18)22(10-13-24)8-11-23(12-9-22)17-20-6-4-3-5-7-20/h3-7,14-16,24H,8-13,17H2,1-2H3. The van der Waals surface area contributed by atoms with Crippen LogP contribution in [0.15, 0.2) is 48.5 Å². The third-order valence-corrected chi connectivity index (χ3v) is 5.49. The van der Waals surface area contributed by atoms with Gasteiger partial charge < -0.3 is 5.11 Å². The number of aliphatic hydroxyl groups is 1. The molecule has 0 aromatic heterocycles. The molecule has 2 aromatic carbocycles. The van der Waals surface area contributed by atoms with Crippen LogP contribution in [0.5, 0.6) is 0 Å². The average molecular weight is 323 g/mol. The van der Waals surface area contributed by atoms with E-state index in [-0.39, 0.29) is 12.0 Å².